The van der Waals surface area contributed by atoms with E-state index in [1.165, 1.54) is 0 Å². The van der Waals surface area contributed by atoms with E-state index in [1.807, 2.05) is 24.3 Å². The molecular weight excluding hydrogens is 396 g/mol. The molecule has 0 atom stereocenters. The molecule has 6 nitrogen and oxygen atoms in total. The number of aliphatic imine (C=N–C) groups is 1. The zero-order chi connectivity index (χ0) is 18.1. The molecule has 4 rings (SSSR count). The molecule has 0 aliphatic carbocycles. The van der Waals surface area contributed by atoms with Crippen LogP contribution in [0.15, 0.2) is 70.3 Å². The number of nitrogens with one attached hydrogen (secondary N) is 1. The van der Waals surface area contributed by atoms with Crippen molar-refractivity contribution in [3.63, 3.8) is 0 Å². The standard InChI is InChI=1S/C19H13BrN4O2/c20-12-6-7-15-14(10-12)17(19(26)22-15)18(11-3-1-4-13(25)9-11)23-16-5-2-8-21-24-16/h1-10,22,25-26H. The Bertz CT molecular complexity index is 1120. The Balaban J connectivity index is 2.02. The Morgan fingerprint density at radius 3 is 2.69 bits per heavy atom. The maximum absolute atomic E-state index is 10.6. The van der Waals surface area contributed by atoms with Crippen LogP contribution in [0.1, 0.15) is 11.1 Å². The smallest absolute Gasteiger partial charge is 0.199 e. The van der Waals surface area contributed by atoms with Crippen LogP contribution in [0.3, 0.4) is 0 Å². The number of phenols is 1. The van der Waals surface area contributed by atoms with Crippen LogP contribution < -0.4 is 0 Å². The second kappa shape index (κ2) is 6.61. The molecule has 0 saturated heterocycles. The number of aromatic hydroxyl groups is 2. The fraction of sp³-hybridized carbons (Fsp3) is 0. The average Bonchev–Trinajstić information content (AvgIpc) is 2.95. The predicted molar refractivity (Wildman–Crippen MR) is 103 cm³/mol. The van der Waals surface area contributed by atoms with Gasteiger partial charge < -0.3 is 15.2 Å². The number of nitrogens with zero attached hydrogens (tertiary/aromatic N) is 3. The minimum Gasteiger partial charge on any atom is -0.508 e. The fourth-order valence-electron chi connectivity index (χ4n) is 2.78. The molecule has 0 bridgehead atoms. The quantitative estimate of drug-likeness (QED) is 0.440. The summed E-state index contributed by atoms with van der Waals surface area (Å²) in [5.41, 5.74) is 2.42. The second-order valence-corrected chi connectivity index (χ2v) is 6.55. The number of rotatable bonds is 3. The number of H-pyrrole nitrogens is 1. The van der Waals surface area contributed by atoms with Crippen LogP contribution in [0.2, 0.25) is 0 Å². The molecule has 0 fully saturated rings. The Kier molecular flexibility index (Phi) is 4.14. The Hall–Kier alpha value is -3.19. The van der Waals surface area contributed by atoms with E-state index in [9.17, 15) is 10.2 Å². The van der Waals surface area contributed by atoms with Crippen molar-refractivity contribution in [2.45, 2.75) is 0 Å². The van der Waals surface area contributed by atoms with Gasteiger partial charge in [0.1, 0.15) is 5.75 Å². The van der Waals surface area contributed by atoms with Gasteiger partial charge in [0.05, 0.1) is 11.3 Å². The lowest BCUT2D eigenvalue weighted by Crippen LogP contribution is -2.03. The van der Waals surface area contributed by atoms with Crippen LogP contribution in [0.4, 0.5) is 5.82 Å². The van der Waals surface area contributed by atoms with Crippen molar-refractivity contribution in [1.29, 1.82) is 0 Å². The molecule has 2 heterocycles. The van der Waals surface area contributed by atoms with E-state index in [2.05, 4.69) is 36.1 Å². The number of aromatic amines is 1. The number of aromatic nitrogens is 3. The summed E-state index contributed by atoms with van der Waals surface area (Å²) < 4.78 is 0.875. The normalized spacial score (nSPS) is 11.8. The number of halogens is 1. The van der Waals surface area contributed by atoms with E-state index in [1.54, 1.807) is 36.5 Å². The SMILES string of the molecule is Oc1cccc(C(=Nc2cccnn2)c2c(O)[nH]c3ccc(Br)cc23)c1. The van der Waals surface area contributed by atoms with Gasteiger partial charge in [-0.15, -0.1) is 5.10 Å². The Morgan fingerprint density at radius 1 is 1.04 bits per heavy atom. The third-order valence-corrected chi connectivity index (χ3v) is 4.38. The summed E-state index contributed by atoms with van der Waals surface area (Å²) in [4.78, 5) is 7.55. The highest BCUT2D eigenvalue weighted by Crippen LogP contribution is 2.33. The lowest BCUT2D eigenvalue weighted by Gasteiger charge is -2.08. The first-order chi connectivity index (χ1) is 12.6. The van der Waals surface area contributed by atoms with Crippen LogP contribution >= 0.6 is 15.9 Å². The summed E-state index contributed by atoms with van der Waals surface area (Å²) in [6, 6.07) is 15.8. The first kappa shape index (κ1) is 16.3. The maximum Gasteiger partial charge on any atom is 0.199 e. The lowest BCUT2D eigenvalue weighted by molar-refractivity contribution is 0.457. The summed E-state index contributed by atoms with van der Waals surface area (Å²) >= 11 is 3.46. The number of phenolic OH excluding ortho intramolecular Hbond substituents is 1. The first-order valence-electron chi connectivity index (χ1n) is 7.78. The minimum atomic E-state index is -0.0101. The van der Waals surface area contributed by atoms with Crippen molar-refractivity contribution >= 4 is 38.4 Å². The summed E-state index contributed by atoms with van der Waals surface area (Å²) in [6.07, 6.45) is 1.56. The average molecular weight is 409 g/mol. The summed E-state index contributed by atoms with van der Waals surface area (Å²) in [6.45, 7) is 0. The van der Waals surface area contributed by atoms with Gasteiger partial charge in [0.25, 0.3) is 0 Å². The van der Waals surface area contributed by atoms with E-state index in [4.69, 9.17) is 0 Å². The van der Waals surface area contributed by atoms with Crippen molar-refractivity contribution in [3.05, 3.63) is 76.4 Å². The zero-order valence-corrected chi connectivity index (χ0v) is 15.0. The summed E-state index contributed by atoms with van der Waals surface area (Å²) in [5.74, 6) is 0.494. The molecule has 0 unspecified atom stereocenters. The van der Waals surface area contributed by atoms with Crippen molar-refractivity contribution in [1.82, 2.24) is 15.2 Å². The molecule has 0 saturated carbocycles. The molecule has 4 aromatic rings. The second-order valence-electron chi connectivity index (χ2n) is 5.63. The van der Waals surface area contributed by atoms with E-state index >= 15 is 0 Å². The van der Waals surface area contributed by atoms with Crippen LogP contribution in [0.25, 0.3) is 10.9 Å². The van der Waals surface area contributed by atoms with Crippen LogP contribution in [0, 0.1) is 0 Å². The van der Waals surface area contributed by atoms with Gasteiger partial charge in [-0.2, -0.15) is 5.10 Å². The van der Waals surface area contributed by atoms with E-state index in [-0.39, 0.29) is 11.6 Å². The largest absolute Gasteiger partial charge is 0.508 e. The van der Waals surface area contributed by atoms with Crippen molar-refractivity contribution < 1.29 is 10.2 Å². The molecule has 2 aromatic heterocycles. The number of hydrogen-bond acceptors (Lipinski definition) is 5. The fourth-order valence-corrected chi connectivity index (χ4v) is 3.14. The van der Waals surface area contributed by atoms with E-state index in [0.29, 0.717) is 22.7 Å². The molecule has 26 heavy (non-hydrogen) atoms. The zero-order valence-electron chi connectivity index (χ0n) is 13.4. The Labute approximate surface area is 157 Å². The molecule has 0 amide bonds. The van der Waals surface area contributed by atoms with Gasteiger partial charge in [-0.3, -0.25) is 0 Å². The van der Waals surface area contributed by atoms with Crippen LogP contribution in [0.5, 0.6) is 11.6 Å². The molecule has 2 aromatic carbocycles. The third kappa shape index (κ3) is 3.04. The highest BCUT2D eigenvalue weighted by atomic mass is 79.9. The van der Waals surface area contributed by atoms with Gasteiger partial charge >= 0.3 is 0 Å². The maximum atomic E-state index is 10.6. The van der Waals surface area contributed by atoms with Crippen molar-refractivity contribution in [2.75, 3.05) is 0 Å². The minimum absolute atomic E-state index is 0.0101. The summed E-state index contributed by atoms with van der Waals surface area (Å²) in [7, 11) is 0. The van der Waals surface area contributed by atoms with Crippen molar-refractivity contribution in [2.24, 2.45) is 4.99 Å². The first-order valence-corrected chi connectivity index (χ1v) is 8.57. The third-order valence-electron chi connectivity index (χ3n) is 3.88. The summed E-state index contributed by atoms with van der Waals surface area (Å²) in [5, 5.41) is 29.1. The monoisotopic (exact) mass is 408 g/mol. The Morgan fingerprint density at radius 2 is 1.92 bits per heavy atom. The van der Waals surface area contributed by atoms with E-state index < -0.39 is 0 Å². The van der Waals surface area contributed by atoms with E-state index in [0.717, 1.165) is 15.4 Å². The predicted octanol–water partition coefficient (Wildman–Crippen LogP) is 4.30. The van der Waals surface area contributed by atoms with Crippen LogP contribution in [-0.4, -0.2) is 31.1 Å². The number of benzene rings is 2. The topological polar surface area (TPSA) is 94.4 Å². The lowest BCUT2D eigenvalue weighted by atomic mass is 10.0. The van der Waals surface area contributed by atoms with Gasteiger partial charge in [0, 0.05) is 27.1 Å². The van der Waals surface area contributed by atoms with Gasteiger partial charge in [-0.25, -0.2) is 4.99 Å². The van der Waals surface area contributed by atoms with Gasteiger partial charge in [-0.05, 0) is 42.5 Å². The molecule has 3 N–H and O–H groups in total. The molecule has 0 spiro atoms. The van der Waals surface area contributed by atoms with Gasteiger partial charge in [0.15, 0.2) is 11.7 Å². The molecular formula is C19H13BrN4O2. The van der Waals surface area contributed by atoms with Crippen LogP contribution in [-0.2, 0) is 0 Å². The molecule has 7 heteroatoms. The van der Waals surface area contributed by atoms with Gasteiger partial charge in [-0.1, -0.05) is 28.1 Å². The highest BCUT2D eigenvalue weighted by molar-refractivity contribution is 9.10. The molecule has 0 aliphatic heterocycles. The molecule has 128 valence electrons. The van der Waals surface area contributed by atoms with Gasteiger partial charge in [0.2, 0.25) is 0 Å². The molecule has 0 aliphatic rings. The highest BCUT2D eigenvalue weighted by Gasteiger charge is 2.19. The molecule has 0 radical (unpaired) electrons. The number of hydrogen-bond donors (Lipinski definition) is 3. The van der Waals surface area contributed by atoms with Crippen molar-refractivity contribution in [3.8, 4) is 11.6 Å². The number of fused-ring (bicyclic) bond motifs is 1.